The molecule has 152 valence electrons. The first kappa shape index (κ1) is 22.0. The lowest BCUT2D eigenvalue weighted by molar-refractivity contribution is -0.387. The second-order valence-electron chi connectivity index (χ2n) is 5.75. The number of nitro groups is 2. The molecule has 0 amide bonds. The molecule has 0 atom stereocenters. The van der Waals surface area contributed by atoms with Crippen LogP contribution in [0.25, 0.3) is 11.0 Å². The maximum Gasteiger partial charge on any atom is 0.314 e. The monoisotopic (exact) mass is 444 g/mol. The number of rotatable bonds is 2. The predicted molar refractivity (Wildman–Crippen MR) is 104 cm³/mol. The van der Waals surface area contributed by atoms with E-state index in [4.69, 9.17) is 23.2 Å². The molecule has 13 heteroatoms. The van der Waals surface area contributed by atoms with Crippen molar-refractivity contribution < 1.29 is 14.2 Å². The molecule has 0 aliphatic heterocycles. The molecule has 0 fully saturated rings. The third-order valence-electron chi connectivity index (χ3n) is 3.72. The first-order chi connectivity index (χ1) is 13.4. The Hall–Kier alpha value is -3.31. The molecule has 10 nitrogen and oxygen atoms in total. The Morgan fingerprint density at radius 2 is 1.52 bits per heavy atom. The third kappa shape index (κ3) is 4.58. The number of aromatic amines is 2. The summed E-state index contributed by atoms with van der Waals surface area (Å²) in [5.41, 5.74) is -1.78. The molecule has 2 aromatic carbocycles. The van der Waals surface area contributed by atoms with Gasteiger partial charge in [-0.3, -0.25) is 29.8 Å². The Labute approximate surface area is 170 Å². The van der Waals surface area contributed by atoms with Gasteiger partial charge in [-0.15, -0.1) is 0 Å². The van der Waals surface area contributed by atoms with E-state index in [1.807, 2.05) is 0 Å². The van der Waals surface area contributed by atoms with Crippen molar-refractivity contribution in [1.82, 2.24) is 9.97 Å². The summed E-state index contributed by atoms with van der Waals surface area (Å²) < 4.78 is 12.8. The summed E-state index contributed by atoms with van der Waals surface area (Å²) >= 11 is 11.3. The van der Waals surface area contributed by atoms with Crippen molar-refractivity contribution >= 4 is 45.6 Å². The highest BCUT2D eigenvalue weighted by Gasteiger charge is 2.21. The number of hydrogen-bond donors (Lipinski definition) is 2. The van der Waals surface area contributed by atoms with Crippen molar-refractivity contribution in [3.8, 4) is 0 Å². The lowest BCUT2D eigenvalue weighted by Crippen LogP contribution is -2.29. The summed E-state index contributed by atoms with van der Waals surface area (Å²) in [6.45, 7) is 3.15. The van der Waals surface area contributed by atoms with Crippen LogP contribution in [0, 0.1) is 39.9 Å². The molecule has 0 unspecified atom stereocenters. The van der Waals surface area contributed by atoms with Gasteiger partial charge in [0.25, 0.3) is 0 Å². The number of halogens is 3. The van der Waals surface area contributed by atoms with E-state index >= 15 is 0 Å². The fourth-order valence-electron chi connectivity index (χ4n) is 2.30. The molecule has 0 aliphatic carbocycles. The smallest absolute Gasteiger partial charge is 0.314 e. The summed E-state index contributed by atoms with van der Waals surface area (Å²) in [6, 6.07) is 3.51. The molecule has 0 spiro atoms. The lowest BCUT2D eigenvalue weighted by atomic mass is 10.2. The van der Waals surface area contributed by atoms with Crippen LogP contribution < -0.4 is 11.1 Å². The number of nitro benzene ring substituents is 2. The molecule has 2 N–H and O–H groups in total. The van der Waals surface area contributed by atoms with Crippen LogP contribution in [-0.2, 0) is 0 Å². The summed E-state index contributed by atoms with van der Waals surface area (Å²) in [6.07, 6.45) is 0. The fourth-order valence-corrected chi connectivity index (χ4v) is 2.67. The lowest BCUT2D eigenvalue weighted by Gasteiger charge is -2.03. The molecule has 3 aromatic rings. The van der Waals surface area contributed by atoms with Gasteiger partial charge in [-0.2, -0.15) is 4.39 Å². The highest BCUT2D eigenvalue weighted by atomic mass is 35.5. The van der Waals surface area contributed by atoms with Gasteiger partial charge in [0, 0.05) is 11.1 Å². The van der Waals surface area contributed by atoms with Crippen LogP contribution >= 0.6 is 23.2 Å². The molecule has 0 bridgehead atoms. The largest absolute Gasteiger partial charge is 0.316 e. The van der Waals surface area contributed by atoms with Crippen molar-refractivity contribution in [3.63, 3.8) is 0 Å². The zero-order valence-corrected chi connectivity index (χ0v) is 16.2. The van der Waals surface area contributed by atoms with Crippen LogP contribution in [0.3, 0.4) is 0 Å². The Morgan fingerprint density at radius 3 is 2.07 bits per heavy atom. The molecule has 3 rings (SSSR count). The summed E-state index contributed by atoms with van der Waals surface area (Å²) in [7, 11) is 0. The first-order valence-corrected chi connectivity index (χ1v) is 8.39. The Morgan fingerprint density at radius 1 is 0.931 bits per heavy atom. The molecule has 0 saturated heterocycles. The molecular weight excluding hydrogens is 434 g/mol. The van der Waals surface area contributed by atoms with Crippen molar-refractivity contribution in [2.45, 2.75) is 13.8 Å². The number of nitrogens with one attached hydrogen (secondary N) is 2. The van der Waals surface area contributed by atoms with Crippen LogP contribution in [-0.4, -0.2) is 19.8 Å². The normalized spacial score (nSPS) is 10.4. The summed E-state index contributed by atoms with van der Waals surface area (Å²) in [5, 5.41) is 21.2. The summed E-state index contributed by atoms with van der Waals surface area (Å²) in [4.78, 5) is 46.3. The highest BCUT2D eigenvalue weighted by molar-refractivity contribution is 6.34. The Balaban J connectivity index is 0.000000221. The number of aryl methyl sites for hydroxylation is 2. The van der Waals surface area contributed by atoms with Crippen LogP contribution in [0.2, 0.25) is 10.0 Å². The van der Waals surface area contributed by atoms with Gasteiger partial charge in [0.1, 0.15) is 10.5 Å². The van der Waals surface area contributed by atoms with E-state index in [2.05, 4.69) is 9.97 Å². The minimum atomic E-state index is -0.958. The van der Waals surface area contributed by atoms with E-state index in [0.29, 0.717) is 11.1 Å². The number of fused-ring (bicyclic) bond motifs is 1. The van der Waals surface area contributed by atoms with Crippen molar-refractivity contribution in [3.05, 3.63) is 86.1 Å². The maximum absolute atomic E-state index is 12.8. The second-order valence-corrected chi connectivity index (χ2v) is 6.54. The van der Waals surface area contributed by atoms with E-state index in [0.717, 1.165) is 12.1 Å². The average Bonchev–Trinajstić information content (AvgIpc) is 2.61. The van der Waals surface area contributed by atoms with Gasteiger partial charge in [0.15, 0.2) is 0 Å². The van der Waals surface area contributed by atoms with Gasteiger partial charge in [0.05, 0.1) is 15.4 Å². The van der Waals surface area contributed by atoms with E-state index < -0.39 is 38.2 Å². The summed E-state index contributed by atoms with van der Waals surface area (Å²) in [5.74, 6) is -0.907. The third-order valence-corrected chi connectivity index (χ3v) is 4.61. The van der Waals surface area contributed by atoms with Gasteiger partial charge in [0.2, 0.25) is 5.82 Å². The maximum atomic E-state index is 12.8. The number of nitrogens with zero attached hydrogens (tertiary/aromatic N) is 2. The minimum absolute atomic E-state index is 0.0646. The molecule has 1 heterocycles. The van der Waals surface area contributed by atoms with E-state index in [9.17, 15) is 34.2 Å². The van der Waals surface area contributed by atoms with Crippen molar-refractivity contribution in [2.24, 2.45) is 0 Å². The fraction of sp³-hybridized carbons (Fsp3) is 0.125. The zero-order valence-electron chi connectivity index (χ0n) is 14.7. The SMILES string of the molecule is Cc1cc([N+](=O)[O-])c(F)cc1Cl.Cc1cc2[nH]c(=O)c(=O)[nH]c2c([N+](=O)[O-])c1Cl. The second kappa shape index (κ2) is 8.37. The number of hydrogen-bond acceptors (Lipinski definition) is 6. The molecule has 1 aromatic heterocycles. The van der Waals surface area contributed by atoms with E-state index in [-0.39, 0.29) is 21.1 Å². The number of benzene rings is 2. The standard InChI is InChI=1S/C9H6ClN3O4.C7H5ClFNO2/c1-3-2-4-6(7(5(3)10)13(16)17)12-9(15)8(14)11-4;1-4-2-7(10(11)12)6(9)3-5(4)8/h2H,1H3,(H,11,14)(H,12,15);2-3H,1H3. The topological polar surface area (TPSA) is 152 Å². The number of H-pyrrole nitrogens is 2. The van der Waals surface area contributed by atoms with Crippen LogP contribution in [0.5, 0.6) is 0 Å². The molecule has 0 radical (unpaired) electrons. The van der Waals surface area contributed by atoms with E-state index in [1.165, 1.54) is 6.07 Å². The Bertz CT molecular complexity index is 1270. The van der Waals surface area contributed by atoms with E-state index in [1.54, 1.807) is 13.8 Å². The van der Waals surface area contributed by atoms with Gasteiger partial charge in [-0.25, -0.2) is 0 Å². The number of aromatic nitrogens is 2. The predicted octanol–water partition coefficient (Wildman–Crippen LogP) is 3.78. The van der Waals surface area contributed by atoms with Gasteiger partial charge in [-0.05, 0) is 37.1 Å². The van der Waals surface area contributed by atoms with Crippen LogP contribution in [0.15, 0.2) is 27.8 Å². The molecule has 0 saturated carbocycles. The van der Waals surface area contributed by atoms with Gasteiger partial charge in [-0.1, -0.05) is 23.2 Å². The van der Waals surface area contributed by atoms with Gasteiger partial charge < -0.3 is 9.97 Å². The first-order valence-electron chi connectivity index (χ1n) is 7.63. The molecular formula is C16H11Cl2FN4O6. The highest BCUT2D eigenvalue weighted by Crippen LogP contribution is 2.33. The minimum Gasteiger partial charge on any atom is -0.316 e. The Kier molecular flexibility index (Phi) is 6.34. The quantitative estimate of drug-likeness (QED) is 0.348. The van der Waals surface area contributed by atoms with Crippen LogP contribution in [0.1, 0.15) is 11.1 Å². The molecule has 0 aliphatic rings. The molecule has 29 heavy (non-hydrogen) atoms. The average molecular weight is 445 g/mol. The van der Waals surface area contributed by atoms with Crippen molar-refractivity contribution in [2.75, 3.05) is 0 Å². The van der Waals surface area contributed by atoms with Crippen LogP contribution in [0.4, 0.5) is 15.8 Å². The van der Waals surface area contributed by atoms with Gasteiger partial charge >= 0.3 is 22.5 Å². The van der Waals surface area contributed by atoms with Crippen molar-refractivity contribution in [1.29, 1.82) is 0 Å². The zero-order chi connectivity index (χ0) is 22.0.